The molecule has 0 unspecified atom stereocenters. The van der Waals surface area contributed by atoms with Crippen molar-refractivity contribution in [3.8, 4) is 0 Å². The van der Waals surface area contributed by atoms with E-state index in [9.17, 15) is 0 Å². The fourth-order valence-electron chi connectivity index (χ4n) is 0.930. The molecule has 1 aromatic carbocycles. The van der Waals surface area contributed by atoms with E-state index < -0.39 is 0 Å². The van der Waals surface area contributed by atoms with Crippen LogP contribution in [0.4, 0.5) is 10.8 Å². The summed E-state index contributed by atoms with van der Waals surface area (Å²) < 4.78 is 0. The molecule has 0 saturated carbocycles. The van der Waals surface area contributed by atoms with Crippen molar-refractivity contribution in [3.63, 3.8) is 0 Å². The van der Waals surface area contributed by atoms with E-state index in [1.807, 2.05) is 35.7 Å². The molecular formula is C9H8N2S. The van der Waals surface area contributed by atoms with Gasteiger partial charge in [-0.2, -0.15) is 0 Å². The minimum Gasteiger partial charge on any atom is -0.332 e. The first-order chi connectivity index (χ1) is 5.95. The lowest BCUT2D eigenvalue weighted by atomic mass is 10.3. The maximum Gasteiger partial charge on any atom is 0.187 e. The van der Waals surface area contributed by atoms with Crippen LogP contribution in [-0.4, -0.2) is 4.98 Å². The van der Waals surface area contributed by atoms with Crippen LogP contribution < -0.4 is 5.32 Å². The van der Waals surface area contributed by atoms with E-state index in [4.69, 9.17) is 0 Å². The van der Waals surface area contributed by atoms with Crippen LogP contribution in [0.5, 0.6) is 0 Å². The molecule has 2 nitrogen and oxygen atoms in total. The zero-order chi connectivity index (χ0) is 8.23. The molecular weight excluding hydrogens is 168 g/mol. The number of nitrogens with one attached hydrogen (secondary N) is 1. The highest BCUT2D eigenvalue weighted by Crippen LogP contribution is 2.17. The third kappa shape index (κ3) is 1.62. The quantitative estimate of drug-likeness (QED) is 0.761. The Labute approximate surface area is 74.9 Å². The third-order valence-corrected chi connectivity index (χ3v) is 2.15. The molecule has 0 radical (unpaired) electrons. The van der Waals surface area contributed by atoms with E-state index in [2.05, 4.69) is 10.3 Å². The second kappa shape index (κ2) is 3.36. The van der Waals surface area contributed by atoms with Gasteiger partial charge in [-0.1, -0.05) is 18.2 Å². The molecule has 1 N–H and O–H groups in total. The van der Waals surface area contributed by atoms with Crippen LogP contribution in [0.15, 0.2) is 41.9 Å². The van der Waals surface area contributed by atoms with Crippen molar-refractivity contribution in [3.05, 3.63) is 41.9 Å². The summed E-state index contributed by atoms with van der Waals surface area (Å²) in [7, 11) is 0. The highest BCUT2D eigenvalue weighted by molar-refractivity contribution is 7.13. The highest BCUT2D eigenvalue weighted by atomic mass is 32.1. The Bertz CT molecular complexity index is 329. The minimum absolute atomic E-state index is 0.932. The second-order valence-electron chi connectivity index (χ2n) is 2.33. The van der Waals surface area contributed by atoms with Crippen LogP contribution >= 0.6 is 11.3 Å². The molecule has 0 aliphatic rings. The molecule has 0 aliphatic carbocycles. The van der Waals surface area contributed by atoms with E-state index >= 15 is 0 Å². The summed E-state index contributed by atoms with van der Waals surface area (Å²) in [4.78, 5) is 4.12. The molecule has 12 heavy (non-hydrogen) atoms. The average Bonchev–Trinajstić information content (AvgIpc) is 2.59. The van der Waals surface area contributed by atoms with Gasteiger partial charge >= 0.3 is 0 Å². The first-order valence-electron chi connectivity index (χ1n) is 3.67. The van der Waals surface area contributed by atoms with E-state index in [-0.39, 0.29) is 0 Å². The first-order valence-corrected chi connectivity index (χ1v) is 4.55. The van der Waals surface area contributed by atoms with Crippen molar-refractivity contribution in [2.45, 2.75) is 0 Å². The van der Waals surface area contributed by atoms with Gasteiger partial charge in [0.15, 0.2) is 5.13 Å². The van der Waals surface area contributed by atoms with Crippen molar-refractivity contribution in [1.82, 2.24) is 4.98 Å². The van der Waals surface area contributed by atoms with Crippen LogP contribution in [0.25, 0.3) is 0 Å². The Hall–Kier alpha value is -1.35. The van der Waals surface area contributed by atoms with Crippen LogP contribution in [-0.2, 0) is 0 Å². The standard InChI is InChI=1S/C9H8N2S/c1-2-4-8(5-3-1)11-9-10-6-7-12-9/h1-7H,(H,10,11). The fraction of sp³-hybridized carbons (Fsp3) is 0. The first kappa shape index (κ1) is 7.31. The summed E-state index contributed by atoms with van der Waals surface area (Å²) in [6.45, 7) is 0. The lowest BCUT2D eigenvalue weighted by Gasteiger charge is -1.99. The van der Waals surface area contributed by atoms with Crippen LogP contribution in [0.3, 0.4) is 0 Å². The molecule has 1 heterocycles. The number of nitrogens with zero attached hydrogens (tertiary/aromatic N) is 1. The van der Waals surface area contributed by atoms with Gasteiger partial charge in [0.1, 0.15) is 0 Å². The van der Waals surface area contributed by atoms with Gasteiger partial charge in [-0.15, -0.1) is 11.3 Å². The Morgan fingerprint density at radius 2 is 2.00 bits per heavy atom. The number of hydrogen-bond acceptors (Lipinski definition) is 3. The van der Waals surface area contributed by atoms with Crippen molar-refractivity contribution in [2.24, 2.45) is 0 Å². The summed E-state index contributed by atoms with van der Waals surface area (Å²) in [6.07, 6.45) is 1.79. The van der Waals surface area contributed by atoms with E-state index in [1.54, 1.807) is 17.5 Å². The largest absolute Gasteiger partial charge is 0.332 e. The maximum absolute atomic E-state index is 4.12. The number of hydrogen-bond donors (Lipinski definition) is 1. The summed E-state index contributed by atoms with van der Waals surface area (Å²) in [5, 5.41) is 6.07. The lowest BCUT2D eigenvalue weighted by molar-refractivity contribution is 1.39. The molecule has 0 aliphatic heterocycles. The Morgan fingerprint density at radius 1 is 1.17 bits per heavy atom. The zero-order valence-electron chi connectivity index (χ0n) is 6.40. The second-order valence-corrected chi connectivity index (χ2v) is 3.22. The number of anilines is 2. The number of benzene rings is 1. The van der Waals surface area contributed by atoms with E-state index in [0.29, 0.717) is 0 Å². The fourth-order valence-corrected chi connectivity index (χ4v) is 1.48. The van der Waals surface area contributed by atoms with Crippen LogP contribution in [0, 0.1) is 0 Å². The molecule has 60 valence electrons. The number of rotatable bonds is 2. The van der Waals surface area contributed by atoms with E-state index in [0.717, 1.165) is 10.8 Å². The number of para-hydroxylation sites is 1. The summed E-state index contributed by atoms with van der Waals surface area (Å²) in [5.74, 6) is 0. The SMILES string of the molecule is c1ccc(Nc2nccs2)cc1. The van der Waals surface area contributed by atoms with Gasteiger partial charge in [0.2, 0.25) is 0 Å². The van der Waals surface area contributed by atoms with Gasteiger partial charge in [0, 0.05) is 17.3 Å². The number of aromatic nitrogens is 1. The molecule has 0 amide bonds. The molecule has 1 aromatic heterocycles. The zero-order valence-corrected chi connectivity index (χ0v) is 7.21. The predicted molar refractivity (Wildman–Crippen MR) is 51.8 cm³/mol. The van der Waals surface area contributed by atoms with E-state index in [1.165, 1.54) is 0 Å². The number of thiazole rings is 1. The predicted octanol–water partition coefficient (Wildman–Crippen LogP) is 2.89. The average molecular weight is 176 g/mol. The van der Waals surface area contributed by atoms with Crippen molar-refractivity contribution in [1.29, 1.82) is 0 Å². The van der Waals surface area contributed by atoms with Gasteiger partial charge < -0.3 is 5.32 Å². The Morgan fingerprint density at radius 3 is 2.67 bits per heavy atom. The van der Waals surface area contributed by atoms with Crippen molar-refractivity contribution in [2.75, 3.05) is 5.32 Å². The Kier molecular flexibility index (Phi) is 2.05. The lowest BCUT2D eigenvalue weighted by Crippen LogP contribution is -1.87. The summed E-state index contributed by atoms with van der Waals surface area (Å²) in [5.41, 5.74) is 1.08. The van der Waals surface area contributed by atoms with Gasteiger partial charge in [0.05, 0.1) is 0 Å². The van der Waals surface area contributed by atoms with Gasteiger partial charge in [0.25, 0.3) is 0 Å². The smallest absolute Gasteiger partial charge is 0.187 e. The third-order valence-electron chi connectivity index (χ3n) is 1.46. The molecule has 2 aromatic rings. The Balaban J connectivity index is 2.15. The summed E-state index contributed by atoms with van der Waals surface area (Å²) >= 11 is 1.60. The van der Waals surface area contributed by atoms with Crippen LogP contribution in [0.1, 0.15) is 0 Å². The van der Waals surface area contributed by atoms with Gasteiger partial charge in [-0.25, -0.2) is 4.98 Å². The van der Waals surface area contributed by atoms with Crippen molar-refractivity contribution < 1.29 is 0 Å². The maximum atomic E-state index is 4.12. The van der Waals surface area contributed by atoms with Gasteiger partial charge in [-0.3, -0.25) is 0 Å². The molecule has 2 rings (SSSR count). The molecule has 0 bridgehead atoms. The topological polar surface area (TPSA) is 24.9 Å². The normalized spacial score (nSPS) is 9.67. The minimum atomic E-state index is 0.932. The molecule has 3 heteroatoms. The summed E-state index contributed by atoms with van der Waals surface area (Å²) in [6, 6.07) is 10.0. The molecule has 0 spiro atoms. The monoisotopic (exact) mass is 176 g/mol. The van der Waals surface area contributed by atoms with Crippen molar-refractivity contribution >= 4 is 22.2 Å². The molecule has 0 fully saturated rings. The molecule has 0 atom stereocenters. The highest BCUT2D eigenvalue weighted by Gasteiger charge is 1.93. The van der Waals surface area contributed by atoms with Gasteiger partial charge in [-0.05, 0) is 12.1 Å². The van der Waals surface area contributed by atoms with Crippen LogP contribution in [0.2, 0.25) is 0 Å². The molecule has 0 saturated heterocycles.